The summed E-state index contributed by atoms with van der Waals surface area (Å²) in [6.45, 7) is 0.259. The van der Waals surface area contributed by atoms with Gasteiger partial charge in [0.05, 0.1) is 11.4 Å². The number of anilines is 1. The molecule has 1 unspecified atom stereocenters. The number of carbonyl (C=O) groups excluding carboxylic acids is 2. The average molecular weight is 304 g/mol. The predicted octanol–water partition coefficient (Wildman–Crippen LogP) is 1.21. The van der Waals surface area contributed by atoms with E-state index in [-0.39, 0.29) is 18.7 Å². The minimum absolute atomic E-state index is 0.136. The second-order valence-electron chi connectivity index (χ2n) is 4.79. The van der Waals surface area contributed by atoms with Crippen molar-refractivity contribution in [2.75, 3.05) is 11.4 Å². The fourth-order valence-electron chi connectivity index (χ4n) is 2.42. The Bertz CT molecular complexity index is 717. The van der Waals surface area contributed by atoms with Crippen LogP contribution in [0.3, 0.4) is 0 Å². The number of halogens is 1. The van der Waals surface area contributed by atoms with Crippen molar-refractivity contribution in [2.24, 2.45) is 5.73 Å². The highest BCUT2D eigenvalue weighted by atomic mass is 19.1. The first-order chi connectivity index (χ1) is 10.6. The molecule has 1 fully saturated rings. The van der Waals surface area contributed by atoms with E-state index in [1.54, 1.807) is 24.5 Å². The van der Waals surface area contributed by atoms with Gasteiger partial charge in [-0.15, -0.1) is 0 Å². The normalized spacial score (nSPS) is 17.8. The number of primary amides is 1. The number of hydrogen-bond acceptors (Lipinski definition) is 4. The zero-order chi connectivity index (χ0) is 15.7. The molecule has 22 heavy (non-hydrogen) atoms. The van der Waals surface area contributed by atoms with E-state index in [1.807, 2.05) is 0 Å². The lowest BCUT2D eigenvalue weighted by atomic mass is 10.2. The molecule has 8 heteroatoms. The van der Waals surface area contributed by atoms with Crippen molar-refractivity contribution in [3.05, 3.63) is 42.5 Å². The van der Waals surface area contributed by atoms with Gasteiger partial charge in [0.2, 0.25) is 0 Å². The second-order valence-corrected chi connectivity index (χ2v) is 4.79. The van der Waals surface area contributed by atoms with Crippen LogP contribution >= 0.6 is 0 Å². The first kappa shape index (κ1) is 14.1. The van der Waals surface area contributed by atoms with E-state index in [0.717, 1.165) is 0 Å². The van der Waals surface area contributed by atoms with Crippen molar-refractivity contribution >= 4 is 17.7 Å². The molecule has 2 N–H and O–H groups in total. The molecular formula is C14H13FN4O3. The van der Waals surface area contributed by atoms with Crippen LogP contribution in [0, 0.1) is 5.82 Å². The monoisotopic (exact) mass is 304 g/mol. The standard InChI is InChI=1S/C14H13FN4O3/c15-10-8-9(19-6-1-5-17-19)2-3-11(10)18-7-4-12(13(18)20)22-14(16)21/h1-3,5-6,8,12H,4,7H2,(H2,16,21). The topological polar surface area (TPSA) is 90.5 Å². The molecular weight excluding hydrogens is 291 g/mol. The molecule has 0 radical (unpaired) electrons. The SMILES string of the molecule is NC(=O)OC1CCN(c2ccc(-n3cccn3)cc2F)C1=O. The van der Waals surface area contributed by atoms with Gasteiger partial charge in [0.25, 0.3) is 5.91 Å². The van der Waals surface area contributed by atoms with E-state index in [0.29, 0.717) is 5.69 Å². The number of nitrogens with zero attached hydrogens (tertiary/aromatic N) is 3. The van der Waals surface area contributed by atoms with Crippen molar-refractivity contribution < 1.29 is 18.7 Å². The van der Waals surface area contributed by atoms with Crippen LogP contribution in [0.4, 0.5) is 14.9 Å². The van der Waals surface area contributed by atoms with Crippen LogP contribution in [0.5, 0.6) is 0 Å². The molecule has 2 aromatic rings. The molecule has 0 saturated carbocycles. The third-order valence-corrected chi connectivity index (χ3v) is 3.41. The highest BCUT2D eigenvalue weighted by Crippen LogP contribution is 2.27. The summed E-state index contributed by atoms with van der Waals surface area (Å²) in [6.07, 6.45) is 1.58. The number of hydrogen-bond donors (Lipinski definition) is 1. The molecule has 1 saturated heterocycles. The van der Waals surface area contributed by atoms with Crippen molar-refractivity contribution in [3.8, 4) is 5.69 Å². The van der Waals surface area contributed by atoms with Crippen LogP contribution in [-0.4, -0.2) is 34.4 Å². The highest BCUT2D eigenvalue weighted by Gasteiger charge is 2.36. The highest BCUT2D eigenvalue weighted by molar-refractivity contribution is 5.99. The summed E-state index contributed by atoms with van der Waals surface area (Å²) in [6, 6.07) is 6.16. The van der Waals surface area contributed by atoms with Gasteiger partial charge in [-0.1, -0.05) is 0 Å². The Hall–Kier alpha value is -2.90. The van der Waals surface area contributed by atoms with E-state index in [4.69, 9.17) is 10.5 Å². The molecule has 114 valence electrons. The summed E-state index contributed by atoms with van der Waals surface area (Å²) < 4.78 is 20.5. The lowest BCUT2D eigenvalue weighted by Crippen LogP contribution is -2.33. The Morgan fingerprint density at radius 2 is 2.27 bits per heavy atom. The largest absolute Gasteiger partial charge is 0.436 e. The van der Waals surface area contributed by atoms with E-state index >= 15 is 0 Å². The number of nitrogens with two attached hydrogens (primary N) is 1. The molecule has 1 aromatic carbocycles. The number of benzene rings is 1. The molecule has 0 spiro atoms. The summed E-state index contributed by atoms with van der Waals surface area (Å²) >= 11 is 0. The quantitative estimate of drug-likeness (QED) is 0.923. The molecule has 1 atom stereocenters. The van der Waals surface area contributed by atoms with Crippen LogP contribution in [0.15, 0.2) is 36.7 Å². The van der Waals surface area contributed by atoms with Crippen molar-refractivity contribution in [1.82, 2.24) is 9.78 Å². The predicted molar refractivity (Wildman–Crippen MR) is 74.9 cm³/mol. The third-order valence-electron chi connectivity index (χ3n) is 3.41. The Kier molecular flexibility index (Phi) is 3.50. The average Bonchev–Trinajstić information content (AvgIpc) is 3.10. The molecule has 0 bridgehead atoms. The summed E-state index contributed by atoms with van der Waals surface area (Å²) in [4.78, 5) is 24.1. The van der Waals surface area contributed by atoms with Gasteiger partial charge < -0.3 is 15.4 Å². The van der Waals surface area contributed by atoms with Gasteiger partial charge in [-0.25, -0.2) is 13.9 Å². The summed E-state index contributed by atoms with van der Waals surface area (Å²) in [5, 5.41) is 4.01. The Balaban J connectivity index is 1.84. The Labute approximate surface area is 125 Å². The maximum Gasteiger partial charge on any atom is 0.405 e. The number of ether oxygens (including phenoxy) is 1. The zero-order valence-corrected chi connectivity index (χ0v) is 11.5. The van der Waals surface area contributed by atoms with Gasteiger partial charge in [0.1, 0.15) is 5.82 Å². The number of carbonyl (C=O) groups is 2. The molecule has 1 aromatic heterocycles. The summed E-state index contributed by atoms with van der Waals surface area (Å²) in [7, 11) is 0. The van der Waals surface area contributed by atoms with Gasteiger partial charge in [-0.3, -0.25) is 4.79 Å². The lowest BCUT2D eigenvalue weighted by molar-refractivity contribution is -0.124. The van der Waals surface area contributed by atoms with Crippen molar-refractivity contribution in [3.63, 3.8) is 0 Å². The molecule has 1 aliphatic heterocycles. The van der Waals surface area contributed by atoms with Crippen LogP contribution in [-0.2, 0) is 9.53 Å². The van der Waals surface area contributed by atoms with Crippen LogP contribution in [0.25, 0.3) is 5.69 Å². The maximum atomic E-state index is 14.3. The fourth-order valence-corrected chi connectivity index (χ4v) is 2.42. The number of aromatic nitrogens is 2. The number of rotatable bonds is 3. The van der Waals surface area contributed by atoms with Gasteiger partial charge in [-0.2, -0.15) is 5.10 Å². The van der Waals surface area contributed by atoms with Crippen LogP contribution < -0.4 is 10.6 Å². The van der Waals surface area contributed by atoms with Crippen molar-refractivity contribution in [1.29, 1.82) is 0 Å². The second kappa shape index (κ2) is 5.47. The summed E-state index contributed by atoms with van der Waals surface area (Å²) in [5.74, 6) is -1.04. The van der Waals surface area contributed by atoms with E-state index < -0.39 is 23.9 Å². The first-order valence-corrected chi connectivity index (χ1v) is 6.63. The third kappa shape index (κ3) is 2.50. The molecule has 3 rings (SSSR count). The number of amides is 2. The van der Waals surface area contributed by atoms with Gasteiger partial charge in [0, 0.05) is 31.4 Å². The zero-order valence-electron chi connectivity index (χ0n) is 11.5. The van der Waals surface area contributed by atoms with E-state index in [1.165, 1.54) is 21.7 Å². The molecule has 2 amide bonds. The van der Waals surface area contributed by atoms with Crippen LogP contribution in [0.2, 0.25) is 0 Å². The van der Waals surface area contributed by atoms with Gasteiger partial charge in [-0.05, 0) is 18.2 Å². The molecule has 7 nitrogen and oxygen atoms in total. The van der Waals surface area contributed by atoms with Crippen LogP contribution in [0.1, 0.15) is 6.42 Å². The van der Waals surface area contributed by atoms with Gasteiger partial charge >= 0.3 is 6.09 Å². The molecule has 1 aliphatic rings. The van der Waals surface area contributed by atoms with Crippen molar-refractivity contribution in [2.45, 2.75) is 12.5 Å². The smallest absolute Gasteiger partial charge is 0.405 e. The Morgan fingerprint density at radius 1 is 1.45 bits per heavy atom. The van der Waals surface area contributed by atoms with E-state index in [9.17, 15) is 14.0 Å². The molecule has 0 aliphatic carbocycles. The van der Waals surface area contributed by atoms with E-state index in [2.05, 4.69) is 5.10 Å². The lowest BCUT2D eigenvalue weighted by Gasteiger charge is -2.17. The Morgan fingerprint density at radius 3 is 2.91 bits per heavy atom. The maximum absolute atomic E-state index is 14.3. The minimum atomic E-state index is -1.02. The fraction of sp³-hybridized carbons (Fsp3) is 0.214. The first-order valence-electron chi connectivity index (χ1n) is 6.63. The van der Waals surface area contributed by atoms with Gasteiger partial charge in [0.15, 0.2) is 6.10 Å². The molecule has 2 heterocycles. The summed E-state index contributed by atoms with van der Waals surface area (Å²) in [5.41, 5.74) is 5.59. The minimum Gasteiger partial charge on any atom is -0.436 e.